The number of hydrogen-bond donors (Lipinski definition) is 0. The lowest BCUT2D eigenvalue weighted by Crippen LogP contribution is -1.75. The van der Waals surface area contributed by atoms with Gasteiger partial charge in [0.2, 0.25) is 6.08 Å². The van der Waals surface area contributed by atoms with Gasteiger partial charge < -0.3 is 0 Å². The molecule has 2 rings (SSSR count). The number of aliphatic imine (C=N–C) groups is 1. The van der Waals surface area contributed by atoms with Crippen molar-refractivity contribution in [1.29, 1.82) is 0 Å². The van der Waals surface area contributed by atoms with E-state index in [1.807, 2.05) is 23.6 Å². The van der Waals surface area contributed by atoms with Crippen molar-refractivity contribution in [2.24, 2.45) is 4.99 Å². The minimum atomic E-state index is 0.533. The van der Waals surface area contributed by atoms with Crippen LogP contribution in [-0.4, -0.2) is 11.1 Å². The summed E-state index contributed by atoms with van der Waals surface area (Å²) < 4.78 is 0. The van der Waals surface area contributed by atoms with E-state index < -0.39 is 0 Å². The fourth-order valence-electron chi connectivity index (χ4n) is 1.12. The summed E-state index contributed by atoms with van der Waals surface area (Å²) in [7, 11) is 0. The minimum Gasteiger partial charge on any atom is -0.262 e. The van der Waals surface area contributed by atoms with Crippen LogP contribution < -0.4 is 0 Å². The van der Waals surface area contributed by atoms with E-state index in [-0.39, 0.29) is 0 Å². The lowest BCUT2D eigenvalue weighted by molar-refractivity contribution is 0.565. The van der Waals surface area contributed by atoms with Crippen LogP contribution in [0.1, 0.15) is 0 Å². The summed E-state index contributed by atoms with van der Waals surface area (Å²) in [6, 6.07) is 5.77. The molecule has 0 fully saturated rings. The molecule has 0 radical (unpaired) electrons. The summed E-state index contributed by atoms with van der Waals surface area (Å²) in [6.45, 7) is 0. The molecule has 0 saturated heterocycles. The van der Waals surface area contributed by atoms with Crippen molar-refractivity contribution >= 4 is 23.1 Å². The molecule has 3 nitrogen and oxygen atoms in total. The summed E-state index contributed by atoms with van der Waals surface area (Å²) >= 11 is 1.62. The molecular weight excluding hydrogens is 196 g/mol. The smallest absolute Gasteiger partial charge is 0.240 e. The fourth-order valence-corrected chi connectivity index (χ4v) is 1.83. The van der Waals surface area contributed by atoms with Gasteiger partial charge in [-0.2, -0.15) is 4.99 Å². The molecule has 4 heteroatoms. The van der Waals surface area contributed by atoms with Crippen molar-refractivity contribution in [3.63, 3.8) is 0 Å². The molecule has 0 aliphatic rings. The van der Waals surface area contributed by atoms with Gasteiger partial charge in [-0.1, -0.05) is 6.07 Å². The van der Waals surface area contributed by atoms with Crippen molar-refractivity contribution in [2.45, 2.75) is 0 Å². The van der Waals surface area contributed by atoms with Gasteiger partial charge in [-0.3, -0.25) is 4.98 Å². The molecule has 0 aromatic carbocycles. The second kappa shape index (κ2) is 3.96. The summed E-state index contributed by atoms with van der Waals surface area (Å²) in [5.74, 6) is 0. The zero-order valence-electron chi connectivity index (χ0n) is 7.18. The minimum absolute atomic E-state index is 0.533. The maximum atomic E-state index is 10.1. The Morgan fingerprint density at radius 1 is 1.43 bits per heavy atom. The van der Waals surface area contributed by atoms with Crippen molar-refractivity contribution in [3.8, 4) is 10.4 Å². The molecule has 2 aromatic heterocycles. The van der Waals surface area contributed by atoms with Crippen molar-refractivity contribution in [2.75, 3.05) is 0 Å². The lowest BCUT2D eigenvalue weighted by atomic mass is 10.2. The molecule has 2 heterocycles. The number of thiophene rings is 1. The molecule has 14 heavy (non-hydrogen) atoms. The standard InChI is InChI=1S/C10H6N2OS/c13-7-12-9-4-8(5-11-6-9)10-2-1-3-14-10/h1-6H. The molecule has 0 saturated carbocycles. The first-order valence-corrected chi connectivity index (χ1v) is 4.85. The first-order valence-electron chi connectivity index (χ1n) is 3.97. The predicted molar refractivity (Wildman–Crippen MR) is 55.3 cm³/mol. The van der Waals surface area contributed by atoms with Crippen molar-refractivity contribution in [3.05, 3.63) is 36.0 Å². The van der Waals surface area contributed by atoms with Gasteiger partial charge in [0.25, 0.3) is 0 Å². The summed E-state index contributed by atoms with van der Waals surface area (Å²) in [5, 5.41) is 1.99. The Hall–Kier alpha value is -1.77. The number of aromatic nitrogens is 1. The van der Waals surface area contributed by atoms with Gasteiger partial charge in [0, 0.05) is 16.6 Å². The molecule has 0 aliphatic carbocycles. The van der Waals surface area contributed by atoms with E-state index >= 15 is 0 Å². The van der Waals surface area contributed by atoms with Crippen LogP contribution >= 0.6 is 11.3 Å². The average Bonchev–Trinajstić information content (AvgIpc) is 2.71. The maximum absolute atomic E-state index is 10.1. The van der Waals surface area contributed by atoms with E-state index in [0.29, 0.717) is 5.69 Å². The Bertz CT molecular complexity index is 473. The van der Waals surface area contributed by atoms with Gasteiger partial charge in [-0.05, 0) is 17.5 Å². The first kappa shape index (κ1) is 8.81. The van der Waals surface area contributed by atoms with E-state index in [9.17, 15) is 4.79 Å². The van der Waals surface area contributed by atoms with Crippen LogP contribution in [-0.2, 0) is 4.79 Å². The number of carbonyl (C=O) groups excluding carboxylic acids is 1. The average molecular weight is 202 g/mol. The summed E-state index contributed by atoms with van der Waals surface area (Å²) in [6.07, 6.45) is 4.77. The molecule has 0 atom stereocenters. The van der Waals surface area contributed by atoms with Crippen LogP contribution in [0.2, 0.25) is 0 Å². The Morgan fingerprint density at radius 3 is 3.07 bits per heavy atom. The van der Waals surface area contributed by atoms with Gasteiger partial charge >= 0.3 is 0 Å². The molecule has 0 amide bonds. The third-order valence-corrected chi connectivity index (χ3v) is 2.62. The van der Waals surface area contributed by atoms with Gasteiger partial charge in [-0.25, -0.2) is 4.79 Å². The Morgan fingerprint density at radius 2 is 2.36 bits per heavy atom. The Balaban J connectivity index is 2.45. The monoisotopic (exact) mass is 202 g/mol. The van der Waals surface area contributed by atoms with Crippen LogP contribution in [0.3, 0.4) is 0 Å². The molecule has 0 unspecified atom stereocenters. The Labute approximate surface area is 84.8 Å². The molecular formula is C10H6N2OS. The normalized spacial score (nSPS) is 9.43. The maximum Gasteiger partial charge on any atom is 0.240 e. The van der Waals surface area contributed by atoms with E-state index in [2.05, 4.69) is 9.98 Å². The topological polar surface area (TPSA) is 42.3 Å². The molecule has 0 aliphatic heterocycles. The van der Waals surface area contributed by atoms with E-state index in [4.69, 9.17) is 0 Å². The zero-order valence-corrected chi connectivity index (χ0v) is 7.99. The quantitative estimate of drug-likeness (QED) is 0.555. The van der Waals surface area contributed by atoms with Gasteiger partial charge in [-0.15, -0.1) is 11.3 Å². The second-order valence-corrected chi connectivity index (χ2v) is 3.56. The lowest BCUT2D eigenvalue weighted by Gasteiger charge is -1.96. The fraction of sp³-hybridized carbons (Fsp3) is 0. The zero-order chi connectivity index (χ0) is 9.80. The molecule has 0 N–H and O–H groups in total. The first-order chi connectivity index (χ1) is 6.90. The van der Waals surface area contributed by atoms with Gasteiger partial charge in [0.05, 0.1) is 11.9 Å². The van der Waals surface area contributed by atoms with Crippen molar-refractivity contribution in [1.82, 2.24) is 4.98 Å². The van der Waals surface area contributed by atoms with E-state index in [1.54, 1.807) is 17.5 Å². The molecule has 2 aromatic rings. The second-order valence-electron chi connectivity index (χ2n) is 2.61. The number of rotatable bonds is 2. The number of pyridine rings is 1. The summed E-state index contributed by atoms with van der Waals surface area (Å²) in [5.41, 5.74) is 1.50. The van der Waals surface area contributed by atoms with E-state index in [0.717, 1.165) is 10.4 Å². The summed E-state index contributed by atoms with van der Waals surface area (Å²) in [4.78, 5) is 18.7. The van der Waals surface area contributed by atoms with Crippen LogP contribution in [0.15, 0.2) is 41.0 Å². The number of hydrogen-bond acceptors (Lipinski definition) is 4. The van der Waals surface area contributed by atoms with Crippen molar-refractivity contribution < 1.29 is 4.79 Å². The van der Waals surface area contributed by atoms with E-state index in [1.165, 1.54) is 12.3 Å². The van der Waals surface area contributed by atoms with Crippen LogP contribution in [0.5, 0.6) is 0 Å². The van der Waals surface area contributed by atoms with Crippen LogP contribution in [0, 0.1) is 0 Å². The highest BCUT2D eigenvalue weighted by atomic mass is 32.1. The molecule has 68 valence electrons. The number of isocyanates is 1. The largest absolute Gasteiger partial charge is 0.262 e. The SMILES string of the molecule is O=C=Nc1cncc(-c2cccs2)c1. The van der Waals surface area contributed by atoms with Crippen LogP contribution in [0.25, 0.3) is 10.4 Å². The predicted octanol–water partition coefficient (Wildman–Crippen LogP) is 2.78. The third kappa shape index (κ3) is 1.76. The highest BCUT2D eigenvalue weighted by Gasteiger charge is 1.99. The van der Waals surface area contributed by atoms with Crippen LogP contribution in [0.4, 0.5) is 5.69 Å². The molecule has 0 spiro atoms. The van der Waals surface area contributed by atoms with Gasteiger partial charge in [0.1, 0.15) is 0 Å². The number of nitrogens with zero attached hydrogens (tertiary/aromatic N) is 2. The third-order valence-electron chi connectivity index (χ3n) is 1.70. The Kier molecular flexibility index (Phi) is 2.49. The van der Waals surface area contributed by atoms with Gasteiger partial charge in [0.15, 0.2) is 0 Å². The molecule has 0 bridgehead atoms. The highest BCUT2D eigenvalue weighted by molar-refractivity contribution is 7.13. The highest BCUT2D eigenvalue weighted by Crippen LogP contribution is 2.26.